The lowest BCUT2D eigenvalue weighted by molar-refractivity contribution is -0.385. The van der Waals surface area contributed by atoms with E-state index in [9.17, 15) is 14.9 Å². The molecule has 0 aliphatic carbocycles. The van der Waals surface area contributed by atoms with Crippen molar-refractivity contribution in [2.75, 3.05) is 0 Å². The number of carbonyl (C=O) groups excluding carboxylic acids is 1. The van der Waals surface area contributed by atoms with Crippen molar-refractivity contribution in [3.05, 3.63) is 61.3 Å². The molecule has 1 heterocycles. The van der Waals surface area contributed by atoms with Gasteiger partial charge in [-0.05, 0) is 44.0 Å². The van der Waals surface area contributed by atoms with E-state index >= 15 is 0 Å². The Bertz CT molecular complexity index is 653. The van der Waals surface area contributed by atoms with E-state index in [1.54, 1.807) is 12.1 Å². The van der Waals surface area contributed by atoms with Gasteiger partial charge in [0.1, 0.15) is 0 Å². The molecule has 1 aromatic carbocycles. The first kappa shape index (κ1) is 14.6. The van der Waals surface area contributed by atoms with Crippen LogP contribution in [0, 0.1) is 10.1 Å². The van der Waals surface area contributed by atoms with Gasteiger partial charge in [-0.3, -0.25) is 15.1 Å². The first-order valence-electron chi connectivity index (χ1n) is 5.24. The van der Waals surface area contributed by atoms with E-state index in [4.69, 9.17) is 4.74 Å². The van der Waals surface area contributed by atoms with Crippen LogP contribution >= 0.6 is 31.9 Å². The summed E-state index contributed by atoms with van der Waals surface area (Å²) in [6, 6.07) is 5.69. The Balaban J connectivity index is 2.31. The molecule has 0 radical (unpaired) electrons. The second kappa shape index (κ2) is 6.10. The van der Waals surface area contributed by atoms with Gasteiger partial charge in [0.05, 0.1) is 19.4 Å². The highest BCUT2D eigenvalue weighted by Crippen LogP contribution is 2.37. The first-order valence-corrected chi connectivity index (χ1v) is 6.83. The van der Waals surface area contributed by atoms with Crippen LogP contribution in [0.4, 0.5) is 5.69 Å². The molecule has 0 saturated carbocycles. The third-order valence-electron chi connectivity index (χ3n) is 2.29. The van der Waals surface area contributed by atoms with Crippen molar-refractivity contribution in [3.8, 4) is 5.75 Å². The van der Waals surface area contributed by atoms with Gasteiger partial charge in [-0.15, -0.1) is 0 Å². The Morgan fingerprint density at radius 1 is 1.30 bits per heavy atom. The average molecular weight is 402 g/mol. The normalized spacial score (nSPS) is 10.1. The summed E-state index contributed by atoms with van der Waals surface area (Å²) >= 11 is 6.28. The molecule has 102 valence electrons. The standard InChI is InChI=1S/C12H6Br2N2O4/c13-9-4-8(16(18)19)5-10(14)11(9)20-12(17)7-2-1-3-15-6-7/h1-6H. The van der Waals surface area contributed by atoms with Gasteiger partial charge in [0.15, 0.2) is 5.75 Å². The third-order valence-corrected chi connectivity index (χ3v) is 3.46. The minimum absolute atomic E-state index is 0.120. The van der Waals surface area contributed by atoms with E-state index in [-0.39, 0.29) is 17.0 Å². The smallest absolute Gasteiger partial charge is 0.345 e. The molecule has 0 fully saturated rings. The number of halogens is 2. The van der Waals surface area contributed by atoms with Crippen molar-refractivity contribution in [1.82, 2.24) is 4.98 Å². The van der Waals surface area contributed by atoms with Gasteiger partial charge in [0.2, 0.25) is 0 Å². The number of nitro benzene ring substituents is 1. The second-order valence-electron chi connectivity index (χ2n) is 3.63. The molecule has 2 aromatic rings. The highest BCUT2D eigenvalue weighted by molar-refractivity contribution is 9.11. The van der Waals surface area contributed by atoms with Crippen molar-refractivity contribution < 1.29 is 14.5 Å². The minimum Gasteiger partial charge on any atom is -0.420 e. The largest absolute Gasteiger partial charge is 0.420 e. The molecule has 0 spiro atoms. The van der Waals surface area contributed by atoms with E-state index < -0.39 is 10.9 Å². The fourth-order valence-electron chi connectivity index (χ4n) is 1.38. The number of pyridine rings is 1. The van der Waals surface area contributed by atoms with Gasteiger partial charge in [-0.1, -0.05) is 0 Å². The van der Waals surface area contributed by atoms with Gasteiger partial charge < -0.3 is 4.74 Å². The van der Waals surface area contributed by atoms with E-state index in [1.165, 1.54) is 24.5 Å². The Hall–Kier alpha value is -1.80. The van der Waals surface area contributed by atoms with Crippen molar-refractivity contribution in [3.63, 3.8) is 0 Å². The van der Waals surface area contributed by atoms with Crippen LogP contribution in [0.25, 0.3) is 0 Å². The highest BCUT2D eigenvalue weighted by atomic mass is 79.9. The van der Waals surface area contributed by atoms with Crippen LogP contribution in [0.15, 0.2) is 45.6 Å². The Morgan fingerprint density at radius 2 is 1.95 bits per heavy atom. The van der Waals surface area contributed by atoms with Gasteiger partial charge >= 0.3 is 5.97 Å². The van der Waals surface area contributed by atoms with Crippen molar-refractivity contribution in [2.24, 2.45) is 0 Å². The van der Waals surface area contributed by atoms with Crippen molar-refractivity contribution >= 4 is 43.5 Å². The van der Waals surface area contributed by atoms with Crippen LogP contribution in [-0.4, -0.2) is 15.9 Å². The number of carbonyl (C=O) groups is 1. The molecule has 2 rings (SSSR count). The number of rotatable bonds is 3. The van der Waals surface area contributed by atoms with Gasteiger partial charge in [-0.25, -0.2) is 4.79 Å². The lowest BCUT2D eigenvalue weighted by Crippen LogP contribution is -2.09. The zero-order valence-electron chi connectivity index (χ0n) is 9.75. The number of hydrogen-bond donors (Lipinski definition) is 0. The molecule has 0 bridgehead atoms. The molecule has 0 aliphatic heterocycles. The third kappa shape index (κ3) is 3.20. The molecule has 0 saturated heterocycles. The van der Waals surface area contributed by atoms with Crippen LogP contribution in [0.1, 0.15) is 10.4 Å². The molecule has 0 N–H and O–H groups in total. The van der Waals surface area contributed by atoms with Gasteiger partial charge in [0, 0.05) is 24.5 Å². The summed E-state index contributed by atoms with van der Waals surface area (Å²) in [5.74, 6) is -0.433. The van der Waals surface area contributed by atoms with Crippen molar-refractivity contribution in [2.45, 2.75) is 0 Å². The lowest BCUT2D eigenvalue weighted by Gasteiger charge is -2.08. The number of hydrogen-bond acceptors (Lipinski definition) is 5. The number of benzene rings is 1. The molecular formula is C12H6Br2N2O4. The van der Waals surface area contributed by atoms with Crippen LogP contribution < -0.4 is 4.74 Å². The van der Waals surface area contributed by atoms with Crippen LogP contribution in [0.5, 0.6) is 5.75 Å². The number of ether oxygens (including phenoxy) is 1. The topological polar surface area (TPSA) is 82.3 Å². The summed E-state index contributed by atoms with van der Waals surface area (Å²) in [5, 5.41) is 10.7. The van der Waals surface area contributed by atoms with Crippen LogP contribution in [-0.2, 0) is 0 Å². The number of esters is 1. The zero-order chi connectivity index (χ0) is 14.7. The van der Waals surface area contributed by atoms with E-state index in [1.807, 2.05) is 0 Å². The number of nitrogens with zero attached hydrogens (tertiary/aromatic N) is 2. The monoisotopic (exact) mass is 400 g/mol. The fraction of sp³-hybridized carbons (Fsp3) is 0. The van der Waals surface area contributed by atoms with Crippen LogP contribution in [0.3, 0.4) is 0 Å². The molecule has 8 heteroatoms. The highest BCUT2D eigenvalue weighted by Gasteiger charge is 2.18. The van der Waals surface area contributed by atoms with E-state index in [2.05, 4.69) is 36.8 Å². The fourth-order valence-corrected chi connectivity index (χ4v) is 2.71. The quantitative estimate of drug-likeness (QED) is 0.338. The SMILES string of the molecule is O=C(Oc1c(Br)cc([N+](=O)[O-])cc1Br)c1cccnc1. The molecule has 6 nitrogen and oxygen atoms in total. The second-order valence-corrected chi connectivity index (χ2v) is 5.34. The molecule has 0 amide bonds. The zero-order valence-corrected chi connectivity index (χ0v) is 12.9. The molecule has 1 aromatic heterocycles. The number of aromatic nitrogens is 1. The Kier molecular flexibility index (Phi) is 4.46. The van der Waals surface area contributed by atoms with Gasteiger partial charge in [-0.2, -0.15) is 0 Å². The van der Waals surface area contributed by atoms with Gasteiger partial charge in [0.25, 0.3) is 5.69 Å². The molecule has 0 atom stereocenters. The number of nitro groups is 1. The number of non-ortho nitro benzene ring substituents is 1. The average Bonchev–Trinajstić information content (AvgIpc) is 2.43. The first-order chi connectivity index (χ1) is 9.49. The summed E-state index contributed by atoms with van der Waals surface area (Å²) in [6.45, 7) is 0. The maximum Gasteiger partial charge on any atom is 0.345 e. The maximum atomic E-state index is 11.9. The summed E-state index contributed by atoms with van der Waals surface area (Å²) in [5.41, 5.74) is 0.162. The summed E-state index contributed by atoms with van der Waals surface area (Å²) in [4.78, 5) is 25.9. The predicted octanol–water partition coefficient (Wildman–Crippen LogP) is 3.73. The molecular weight excluding hydrogens is 396 g/mol. The lowest BCUT2D eigenvalue weighted by atomic mass is 10.3. The Labute approximate surface area is 130 Å². The predicted molar refractivity (Wildman–Crippen MR) is 77.7 cm³/mol. The molecule has 0 aliphatic rings. The molecule has 0 unspecified atom stereocenters. The van der Waals surface area contributed by atoms with Crippen LogP contribution in [0.2, 0.25) is 0 Å². The summed E-state index contributed by atoms with van der Waals surface area (Å²) < 4.78 is 5.80. The minimum atomic E-state index is -0.603. The Morgan fingerprint density at radius 3 is 2.45 bits per heavy atom. The van der Waals surface area contributed by atoms with E-state index in [0.717, 1.165) is 0 Å². The summed E-state index contributed by atoms with van der Waals surface area (Å²) in [6.07, 6.45) is 2.91. The maximum absolute atomic E-state index is 11.9. The molecule has 20 heavy (non-hydrogen) atoms. The van der Waals surface area contributed by atoms with Crippen molar-refractivity contribution in [1.29, 1.82) is 0 Å². The van der Waals surface area contributed by atoms with E-state index in [0.29, 0.717) is 8.95 Å². The summed E-state index contributed by atoms with van der Waals surface area (Å²) in [7, 11) is 0.